The van der Waals surface area contributed by atoms with E-state index in [0.717, 1.165) is 18.4 Å². The molecule has 3 unspecified atom stereocenters. The van der Waals surface area contributed by atoms with Crippen LogP contribution >= 0.6 is 0 Å². The van der Waals surface area contributed by atoms with Crippen LogP contribution < -0.4 is 0 Å². The summed E-state index contributed by atoms with van der Waals surface area (Å²) >= 11 is 0. The molecule has 19 heavy (non-hydrogen) atoms. The van der Waals surface area contributed by atoms with Gasteiger partial charge in [-0.2, -0.15) is 0 Å². The summed E-state index contributed by atoms with van der Waals surface area (Å²) in [5, 5.41) is 10.5. The van der Waals surface area contributed by atoms with E-state index >= 15 is 0 Å². The first kappa shape index (κ1) is 13.9. The van der Waals surface area contributed by atoms with Gasteiger partial charge in [0.25, 0.3) is 0 Å². The molecule has 3 fully saturated rings. The molecule has 0 aromatic heterocycles. The minimum absolute atomic E-state index is 0.0551. The molecule has 2 nitrogen and oxygen atoms in total. The monoisotopic (exact) mass is 265 g/mol. The van der Waals surface area contributed by atoms with E-state index in [2.05, 4.69) is 4.90 Å². The smallest absolute Gasteiger partial charge is 0.0695 e. The first-order chi connectivity index (χ1) is 9.33. The lowest BCUT2D eigenvalue weighted by molar-refractivity contribution is 0.0147. The van der Waals surface area contributed by atoms with Crippen molar-refractivity contribution in [1.29, 1.82) is 0 Å². The topological polar surface area (TPSA) is 23.5 Å². The van der Waals surface area contributed by atoms with E-state index in [9.17, 15) is 5.11 Å². The highest BCUT2D eigenvalue weighted by molar-refractivity contribution is 4.85. The van der Waals surface area contributed by atoms with Crippen LogP contribution in [0.25, 0.3) is 0 Å². The number of aliphatic hydroxyl groups excluding tert-OH is 1. The molecule has 3 aliphatic rings. The van der Waals surface area contributed by atoms with Gasteiger partial charge in [0.2, 0.25) is 0 Å². The van der Waals surface area contributed by atoms with Crippen molar-refractivity contribution >= 4 is 0 Å². The van der Waals surface area contributed by atoms with Gasteiger partial charge >= 0.3 is 0 Å². The van der Waals surface area contributed by atoms with Crippen LogP contribution in [0.3, 0.4) is 0 Å². The van der Waals surface area contributed by atoms with Crippen LogP contribution in [0, 0.1) is 17.8 Å². The number of aliphatic hydroxyl groups is 1. The van der Waals surface area contributed by atoms with Crippen molar-refractivity contribution in [2.75, 3.05) is 19.6 Å². The number of hydrogen-bond acceptors (Lipinski definition) is 2. The van der Waals surface area contributed by atoms with Crippen molar-refractivity contribution in [3.05, 3.63) is 0 Å². The molecular formula is C17H31NO. The summed E-state index contributed by atoms with van der Waals surface area (Å²) in [6.07, 6.45) is 13.8. The lowest BCUT2D eigenvalue weighted by Crippen LogP contribution is -2.46. The summed E-state index contributed by atoms with van der Waals surface area (Å²) in [7, 11) is 0. The summed E-state index contributed by atoms with van der Waals surface area (Å²) in [4.78, 5) is 2.58. The number of likely N-dealkylation sites (tertiary alicyclic amines) is 1. The Morgan fingerprint density at radius 3 is 2.32 bits per heavy atom. The van der Waals surface area contributed by atoms with Crippen LogP contribution in [0.15, 0.2) is 0 Å². The Balaban J connectivity index is 1.47. The average Bonchev–Trinajstić information content (AvgIpc) is 2.48. The minimum atomic E-state index is -0.0551. The molecule has 2 heteroatoms. The highest BCUT2D eigenvalue weighted by Crippen LogP contribution is 2.36. The molecule has 2 saturated carbocycles. The molecule has 3 atom stereocenters. The molecule has 1 N–H and O–H groups in total. The zero-order valence-electron chi connectivity index (χ0n) is 12.4. The zero-order chi connectivity index (χ0) is 13.1. The molecule has 3 rings (SSSR count). The van der Waals surface area contributed by atoms with E-state index in [4.69, 9.17) is 0 Å². The van der Waals surface area contributed by atoms with Crippen LogP contribution in [-0.2, 0) is 0 Å². The predicted octanol–water partition coefficient (Wildman–Crippen LogP) is 3.44. The number of fused-ring (bicyclic) bond motifs is 1. The second-order valence-electron chi connectivity index (χ2n) is 7.32. The van der Waals surface area contributed by atoms with Gasteiger partial charge in [0.05, 0.1) is 6.10 Å². The fourth-order valence-corrected chi connectivity index (χ4v) is 4.77. The van der Waals surface area contributed by atoms with Gasteiger partial charge in [-0.1, -0.05) is 38.5 Å². The highest BCUT2D eigenvalue weighted by Gasteiger charge is 2.32. The van der Waals surface area contributed by atoms with Gasteiger partial charge in [-0.25, -0.2) is 0 Å². The third-order valence-electron chi connectivity index (χ3n) is 6.01. The van der Waals surface area contributed by atoms with E-state index in [1.165, 1.54) is 77.3 Å². The Hall–Kier alpha value is -0.0800. The molecule has 110 valence electrons. The Morgan fingerprint density at radius 2 is 1.53 bits per heavy atom. The van der Waals surface area contributed by atoms with Gasteiger partial charge in [-0.05, 0) is 50.0 Å². The molecule has 0 aromatic rings. The fraction of sp³-hybridized carbons (Fsp3) is 1.00. The molecule has 1 aliphatic heterocycles. The largest absolute Gasteiger partial charge is 0.392 e. The van der Waals surface area contributed by atoms with E-state index in [0.29, 0.717) is 5.92 Å². The molecule has 1 saturated heterocycles. The van der Waals surface area contributed by atoms with E-state index in [1.54, 1.807) is 0 Å². The van der Waals surface area contributed by atoms with E-state index < -0.39 is 0 Å². The van der Waals surface area contributed by atoms with Gasteiger partial charge in [-0.15, -0.1) is 0 Å². The first-order valence-corrected chi connectivity index (χ1v) is 8.73. The van der Waals surface area contributed by atoms with Crippen LogP contribution in [-0.4, -0.2) is 35.7 Å². The summed E-state index contributed by atoms with van der Waals surface area (Å²) < 4.78 is 0. The van der Waals surface area contributed by atoms with Gasteiger partial charge < -0.3 is 10.0 Å². The third-order valence-corrected chi connectivity index (χ3v) is 6.01. The maximum atomic E-state index is 10.5. The number of nitrogens with zero attached hydrogens (tertiary/aromatic N) is 1. The van der Waals surface area contributed by atoms with Crippen LogP contribution in [0.5, 0.6) is 0 Å². The number of rotatable bonds is 3. The molecule has 0 amide bonds. The quantitative estimate of drug-likeness (QED) is 0.845. The average molecular weight is 265 g/mol. The Bertz CT molecular complexity index is 274. The fourth-order valence-electron chi connectivity index (χ4n) is 4.77. The van der Waals surface area contributed by atoms with Crippen molar-refractivity contribution < 1.29 is 5.11 Å². The standard InChI is InChI=1S/C17H31NO/c19-17(15-7-2-1-3-8-15)13-18-11-10-14-6-4-5-9-16(14)12-18/h14-17,19H,1-13H2. The molecule has 0 bridgehead atoms. The first-order valence-electron chi connectivity index (χ1n) is 8.73. The lowest BCUT2D eigenvalue weighted by Gasteiger charge is -2.42. The summed E-state index contributed by atoms with van der Waals surface area (Å²) in [5.41, 5.74) is 0. The zero-order valence-corrected chi connectivity index (χ0v) is 12.4. The van der Waals surface area contributed by atoms with Crippen LogP contribution in [0.2, 0.25) is 0 Å². The van der Waals surface area contributed by atoms with Crippen molar-refractivity contribution in [3.63, 3.8) is 0 Å². The highest BCUT2D eigenvalue weighted by atomic mass is 16.3. The Labute approximate surface area is 118 Å². The third kappa shape index (κ3) is 3.52. The van der Waals surface area contributed by atoms with E-state index in [-0.39, 0.29) is 6.10 Å². The SMILES string of the molecule is OC(CN1CCC2CCCCC2C1)C1CCCCC1. The lowest BCUT2D eigenvalue weighted by atomic mass is 9.75. The van der Waals surface area contributed by atoms with Gasteiger partial charge in [0, 0.05) is 13.1 Å². The molecular weight excluding hydrogens is 234 g/mol. The van der Waals surface area contributed by atoms with Crippen LogP contribution in [0.4, 0.5) is 0 Å². The molecule has 0 aromatic carbocycles. The van der Waals surface area contributed by atoms with Crippen molar-refractivity contribution in [1.82, 2.24) is 4.90 Å². The molecule has 1 heterocycles. The summed E-state index contributed by atoms with van der Waals surface area (Å²) in [6.45, 7) is 3.47. The Kier molecular flexibility index (Phi) is 4.81. The van der Waals surface area contributed by atoms with Crippen molar-refractivity contribution in [2.24, 2.45) is 17.8 Å². The van der Waals surface area contributed by atoms with Gasteiger partial charge in [0.1, 0.15) is 0 Å². The molecule has 0 radical (unpaired) electrons. The van der Waals surface area contributed by atoms with Gasteiger partial charge in [-0.3, -0.25) is 0 Å². The molecule has 0 spiro atoms. The maximum Gasteiger partial charge on any atom is 0.0695 e. The van der Waals surface area contributed by atoms with Crippen LogP contribution in [0.1, 0.15) is 64.2 Å². The van der Waals surface area contributed by atoms with E-state index in [1.807, 2.05) is 0 Å². The normalized spacial score (nSPS) is 35.8. The number of β-amino-alcohol motifs (C(OH)–C–C–N with tert-alkyl or cyclic N) is 1. The predicted molar refractivity (Wildman–Crippen MR) is 79.1 cm³/mol. The number of hydrogen-bond donors (Lipinski definition) is 1. The second kappa shape index (κ2) is 6.58. The second-order valence-corrected chi connectivity index (χ2v) is 7.32. The van der Waals surface area contributed by atoms with Crippen molar-refractivity contribution in [2.45, 2.75) is 70.3 Å². The number of piperidine rings is 1. The van der Waals surface area contributed by atoms with Crippen molar-refractivity contribution in [3.8, 4) is 0 Å². The summed E-state index contributed by atoms with van der Waals surface area (Å²) in [6, 6.07) is 0. The maximum absolute atomic E-state index is 10.5. The molecule has 2 aliphatic carbocycles. The van der Waals surface area contributed by atoms with Gasteiger partial charge in [0.15, 0.2) is 0 Å². The Morgan fingerprint density at radius 1 is 0.842 bits per heavy atom. The minimum Gasteiger partial charge on any atom is -0.392 e. The summed E-state index contributed by atoms with van der Waals surface area (Å²) in [5.74, 6) is 2.55.